The summed E-state index contributed by atoms with van der Waals surface area (Å²) in [4.78, 5) is 18.8. The second kappa shape index (κ2) is 7.36. The second-order valence-electron chi connectivity index (χ2n) is 5.45. The molecule has 0 spiro atoms. The minimum atomic E-state index is -1.08. The first-order valence-electron chi connectivity index (χ1n) is 7.24. The lowest BCUT2D eigenvalue weighted by Gasteiger charge is -2.10. The number of aromatic carboxylic acids is 1. The van der Waals surface area contributed by atoms with Crippen LogP contribution in [0.1, 0.15) is 36.2 Å². The van der Waals surface area contributed by atoms with Gasteiger partial charge in [-0.15, -0.1) is 0 Å². The summed E-state index contributed by atoms with van der Waals surface area (Å²) < 4.78 is 5.64. The minimum absolute atomic E-state index is 0.0166. The fourth-order valence-electron chi connectivity index (χ4n) is 1.87. The molecule has 6 heteroatoms. The standard InChI is InChI=1S/C17H17N3O3/c1-11(2)5-6-23-15-4-3-12(7-13(15)8-18)16-19-9-14(10-20-16)17(21)22/h3-4,7,9-11H,5-6H2,1-2H3,(H,21,22). The van der Waals surface area contributed by atoms with Crippen LogP contribution in [0.5, 0.6) is 5.75 Å². The Morgan fingerprint density at radius 1 is 1.35 bits per heavy atom. The Kier molecular flexibility index (Phi) is 5.26. The normalized spacial score (nSPS) is 10.3. The van der Waals surface area contributed by atoms with Crippen molar-refractivity contribution in [1.29, 1.82) is 5.26 Å². The molecule has 1 aromatic carbocycles. The number of nitrogens with zero attached hydrogens (tertiary/aromatic N) is 3. The molecule has 0 aliphatic rings. The van der Waals surface area contributed by atoms with Gasteiger partial charge in [0.1, 0.15) is 11.8 Å². The van der Waals surface area contributed by atoms with E-state index in [1.165, 1.54) is 12.4 Å². The predicted octanol–water partition coefficient (Wildman–Crippen LogP) is 3.14. The first-order chi connectivity index (χ1) is 11.0. The first kappa shape index (κ1) is 16.4. The lowest BCUT2D eigenvalue weighted by molar-refractivity contribution is 0.0696. The summed E-state index contributed by atoms with van der Waals surface area (Å²) in [6.07, 6.45) is 3.39. The molecule has 2 rings (SSSR count). The largest absolute Gasteiger partial charge is 0.492 e. The number of carbonyl (C=O) groups is 1. The summed E-state index contributed by atoms with van der Waals surface area (Å²) >= 11 is 0. The molecule has 118 valence electrons. The van der Waals surface area contributed by atoms with Crippen molar-refractivity contribution in [1.82, 2.24) is 9.97 Å². The van der Waals surface area contributed by atoms with E-state index in [0.717, 1.165) is 6.42 Å². The van der Waals surface area contributed by atoms with Crippen molar-refractivity contribution in [2.24, 2.45) is 5.92 Å². The Bertz CT molecular complexity index is 734. The summed E-state index contributed by atoms with van der Waals surface area (Å²) in [5.74, 6) is 0.336. The van der Waals surface area contributed by atoms with Crippen LogP contribution >= 0.6 is 0 Å². The van der Waals surface area contributed by atoms with E-state index in [0.29, 0.717) is 35.2 Å². The quantitative estimate of drug-likeness (QED) is 0.880. The molecular formula is C17H17N3O3. The molecule has 0 saturated carbocycles. The fraction of sp³-hybridized carbons (Fsp3) is 0.294. The number of nitriles is 1. The Labute approximate surface area is 134 Å². The van der Waals surface area contributed by atoms with Gasteiger partial charge in [0.25, 0.3) is 0 Å². The van der Waals surface area contributed by atoms with Gasteiger partial charge in [0, 0.05) is 18.0 Å². The molecule has 1 N–H and O–H groups in total. The van der Waals surface area contributed by atoms with Crippen LogP contribution in [-0.2, 0) is 0 Å². The molecule has 0 radical (unpaired) electrons. The van der Waals surface area contributed by atoms with Crippen LogP contribution in [0.2, 0.25) is 0 Å². The second-order valence-corrected chi connectivity index (χ2v) is 5.45. The van der Waals surface area contributed by atoms with Crippen molar-refractivity contribution in [3.8, 4) is 23.2 Å². The van der Waals surface area contributed by atoms with Crippen molar-refractivity contribution in [3.05, 3.63) is 41.7 Å². The van der Waals surface area contributed by atoms with E-state index in [1.807, 2.05) is 0 Å². The molecule has 0 aliphatic heterocycles. The lowest BCUT2D eigenvalue weighted by Crippen LogP contribution is -2.03. The molecule has 0 unspecified atom stereocenters. The van der Waals surface area contributed by atoms with Crippen molar-refractivity contribution < 1.29 is 14.6 Å². The Hall–Kier alpha value is -2.94. The van der Waals surface area contributed by atoms with Gasteiger partial charge >= 0.3 is 5.97 Å². The third-order valence-corrected chi connectivity index (χ3v) is 3.21. The van der Waals surface area contributed by atoms with E-state index in [-0.39, 0.29) is 5.56 Å². The molecule has 0 atom stereocenters. The van der Waals surface area contributed by atoms with Crippen LogP contribution in [0, 0.1) is 17.2 Å². The van der Waals surface area contributed by atoms with Crippen LogP contribution in [0.3, 0.4) is 0 Å². The topological polar surface area (TPSA) is 96.1 Å². The maximum Gasteiger partial charge on any atom is 0.338 e. The van der Waals surface area contributed by atoms with Crippen LogP contribution in [0.4, 0.5) is 0 Å². The zero-order valence-corrected chi connectivity index (χ0v) is 13.0. The predicted molar refractivity (Wildman–Crippen MR) is 84.1 cm³/mol. The molecule has 0 bridgehead atoms. The molecule has 23 heavy (non-hydrogen) atoms. The van der Waals surface area contributed by atoms with E-state index < -0.39 is 5.97 Å². The third-order valence-electron chi connectivity index (χ3n) is 3.21. The number of benzene rings is 1. The number of rotatable bonds is 6. The monoisotopic (exact) mass is 311 g/mol. The van der Waals surface area contributed by atoms with E-state index in [4.69, 9.17) is 9.84 Å². The van der Waals surface area contributed by atoms with Gasteiger partial charge in [-0.3, -0.25) is 0 Å². The third kappa shape index (κ3) is 4.27. The molecule has 0 aliphatic carbocycles. The molecular weight excluding hydrogens is 294 g/mol. The number of ether oxygens (including phenoxy) is 1. The van der Waals surface area contributed by atoms with Crippen LogP contribution < -0.4 is 4.74 Å². The van der Waals surface area contributed by atoms with Gasteiger partial charge in [0.15, 0.2) is 5.82 Å². The lowest BCUT2D eigenvalue weighted by atomic mass is 10.1. The number of hydrogen-bond acceptors (Lipinski definition) is 5. The maximum atomic E-state index is 10.8. The van der Waals surface area contributed by atoms with E-state index in [9.17, 15) is 10.1 Å². The van der Waals surface area contributed by atoms with Gasteiger partial charge in [-0.1, -0.05) is 13.8 Å². The van der Waals surface area contributed by atoms with Gasteiger partial charge in [-0.25, -0.2) is 14.8 Å². The van der Waals surface area contributed by atoms with Gasteiger partial charge < -0.3 is 9.84 Å². The molecule has 1 heterocycles. The summed E-state index contributed by atoms with van der Waals surface area (Å²) in [5, 5.41) is 18.1. The van der Waals surface area contributed by atoms with Crippen molar-refractivity contribution in [3.63, 3.8) is 0 Å². The van der Waals surface area contributed by atoms with Gasteiger partial charge in [-0.05, 0) is 30.5 Å². The smallest absolute Gasteiger partial charge is 0.338 e. The highest BCUT2D eigenvalue weighted by atomic mass is 16.5. The fourth-order valence-corrected chi connectivity index (χ4v) is 1.87. The van der Waals surface area contributed by atoms with Gasteiger partial charge in [-0.2, -0.15) is 5.26 Å². The van der Waals surface area contributed by atoms with Crippen molar-refractivity contribution >= 4 is 5.97 Å². The highest BCUT2D eigenvalue weighted by Crippen LogP contribution is 2.24. The van der Waals surface area contributed by atoms with Crippen LogP contribution in [0.25, 0.3) is 11.4 Å². The minimum Gasteiger partial charge on any atom is -0.492 e. The Morgan fingerprint density at radius 3 is 2.61 bits per heavy atom. The molecule has 0 saturated heterocycles. The van der Waals surface area contributed by atoms with E-state index >= 15 is 0 Å². The molecule has 0 amide bonds. The first-order valence-corrected chi connectivity index (χ1v) is 7.24. The van der Waals surface area contributed by atoms with E-state index in [1.54, 1.807) is 18.2 Å². The SMILES string of the molecule is CC(C)CCOc1ccc(-c2ncc(C(=O)O)cn2)cc1C#N. The zero-order chi connectivity index (χ0) is 16.8. The number of carboxylic acids is 1. The summed E-state index contributed by atoms with van der Waals surface area (Å²) in [5.41, 5.74) is 1.05. The molecule has 1 aromatic heterocycles. The average molecular weight is 311 g/mol. The summed E-state index contributed by atoms with van der Waals surface area (Å²) in [6, 6.07) is 7.20. The summed E-state index contributed by atoms with van der Waals surface area (Å²) in [7, 11) is 0. The highest BCUT2D eigenvalue weighted by Gasteiger charge is 2.10. The molecule has 0 fully saturated rings. The highest BCUT2D eigenvalue weighted by molar-refractivity contribution is 5.86. The van der Waals surface area contributed by atoms with Crippen LogP contribution in [0.15, 0.2) is 30.6 Å². The van der Waals surface area contributed by atoms with Gasteiger partial charge in [0.2, 0.25) is 0 Å². The number of carboxylic acid groups (broad SMARTS) is 1. The Balaban J connectivity index is 2.21. The molecule has 2 aromatic rings. The zero-order valence-electron chi connectivity index (χ0n) is 13.0. The molecule has 6 nitrogen and oxygen atoms in total. The number of hydrogen-bond donors (Lipinski definition) is 1. The van der Waals surface area contributed by atoms with Crippen molar-refractivity contribution in [2.75, 3.05) is 6.61 Å². The van der Waals surface area contributed by atoms with Crippen LogP contribution in [-0.4, -0.2) is 27.7 Å². The van der Waals surface area contributed by atoms with E-state index in [2.05, 4.69) is 29.9 Å². The maximum absolute atomic E-state index is 10.8. The average Bonchev–Trinajstić information content (AvgIpc) is 2.54. The summed E-state index contributed by atoms with van der Waals surface area (Å²) in [6.45, 7) is 4.76. The van der Waals surface area contributed by atoms with Crippen molar-refractivity contribution in [2.45, 2.75) is 20.3 Å². The number of aromatic nitrogens is 2. The van der Waals surface area contributed by atoms with Gasteiger partial charge in [0.05, 0.1) is 17.7 Å². The Morgan fingerprint density at radius 2 is 2.04 bits per heavy atom.